The van der Waals surface area contributed by atoms with E-state index >= 15 is 0 Å². The van der Waals surface area contributed by atoms with Gasteiger partial charge < -0.3 is 0 Å². The van der Waals surface area contributed by atoms with Crippen molar-refractivity contribution in [3.63, 3.8) is 0 Å². The summed E-state index contributed by atoms with van der Waals surface area (Å²) < 4.78 is 58.0. The highest BCUT2D eigenvalue weighted by Crippen LogP contribution is 2.21. The van der Waals surface area contributed by atoms with Crippen molar-refractivity contribution < 1.29 is 25.6 Å². The molecule has 0 N–H and O–H groups in total. The van der Waals surface area contributed by atoms with E-state index in [0.717, 1.165) is 12.4 Å². The number of nitrogens with zero attached hydrogens (tertiary/aromatic N) is 1. The monoisotopic (exact) mass is 226 g/mol. The zero-order chi connectivity index (χ0) is 11.0. The van der Waals surface area contributed by atoms with E-state index in [4.69, 9.17) is 0 Å². The normalized spacial score (nSPS) is 12.9. The lowest BCUT2D eigenvalue weighted by atomic mass is 10.3. The van der Waals surface area contributed by atoms with Gasteiger partial charge in [-0.05, 0) is 13.0 Å². The standard InChI is InChI=1S/C7H7F3NO2S/c1-6-3-2-4-11(5-6)14(12,13)7(8,9)10/h2-5H,1H3/q+1. The van der Waals surface area contributed by atoms with E-state index in [1.807, 2.05) is 0 Å². The number of aromatic nitrogens is 1. The van der Waals surface area contributed by atoms with Crippen LogP contribution in [-0.4, -0.2) is 13.9 Å². The van der Waals surface area contributed by atoms with E-state index in [-0.39, 0.29) is 3.97 Å². The molecule has 1 aromatic heterocycles. The Balaban J connectivity index is 3.32. The molecule has 0 aliphatic rings. The van der Waals surface area contributed by atoms with Crippen molar-refractivity contribution in [2.75, 3.05) is 0 Å². The van der Waals surface area contributed by atoms with E-state index in [9.17, 15) is 21.6 Å². The van der Waals surface area contributed by atoms with Crippen LogP contribution in [0.15, 0.2) is 24.5 Å². The number of alkyl halides is 3. The lowest BCUT2D eigenvalue weighted by Gasteiger charge is -2.02. The second kappa shape index (κ2) is 3.23. The van der Waals surface area contributed by atoms with Crippen molar-refractivity contribution in [1.29, 1.82) is 0 Å². The molecule has 0 atom stereocenters. The molecule has 0 bridgehead atoms. The van der Waals surface area contributed by atoms with E-state index in [1.54, 1.807) is 0 Å². The van der Waals surface area contributed by atoms with Crippen molar-refractivity contribution in [3.8, 4) is 0 Å². The lowest BCUT2D eigenvalue weighted by Crippen LogP contribution is -2.50. The van der Waals surface area contributed by atoms with Crippen molar-refractivity contribution in [1.82, 2.24) is 0 Å². The molecule has 0 saturated carbocycles. The van der Waals surface area contributed by atoms with Gasteiger partial charge in [0.05, 0.1) is 0 Å². The highest BCUT2D eigenvalue weighted by molar-refractivity contribution is 7.85. The molecule has 0 aliphatic heterocycles. The molecule has 0 fully saturated rings. The number of aryl methyl sites for hydroxylation is 1. The highest BCUT2D eigenvalue weighted by atomic mass is 32.2. The van der Waals surface area contributed by atoms with Crippen LogP contribution in [0.5, 0.6) is 0 Å². The summed E-state index contributed by atoms with van der Waals surface area (Å²) in [5, 5.41) is 0. The molecule has 3 nitrogen and oxygen atoms in total. The van der Waals surface area contributed by atoms with Gasteiger partial charge in [-0.3, -0.25) is 0 Å². The van der Waals surface area contributed by atoms with Gasteiger partial charge in [-0.1, -0.05) is 3.97 Å². The minimum atomic E-state index is -5.28. The second-order valence-electron chi connectivity index (χ2n) is 2.66. The molecule has 0 aromatic carbocycles. The van der Waals surface area contributed by atoms with Gasteiger partial charge in [-0.2, -0.15) is 21.6 Å². The Morgan fingerprint density at radius 2 is 1.93 bits per heavy atom. The molecule has 0 spiro atoms. The summed E-state index contributed by atoms with van der Waals surface area (Å²) in [6.45, 7) is 1.50. The van der Waals surface area contributed by atoms with Crippen LogP contribution in [0.3, 0.4) is 0 Å². The molecule has 0 aliphatic carbocycles. The van der Waals surface area contributed by atoms with E-state index in [1.165, 1.54) is 19.1 Å². The van der Waals surface area contributed by atoms with E-state index < -0.39 is 15.5 Å². The van der Waals surface area contributed by atoms with E-state index in [2.05, 4.69) is 0 Å². The summed E-state index contributed by atoms with van der Waals surface area (Å²) in [6.07, 6.45) is 1.75. The molecule has 7 heteroatoms. The number of hydrogen-bond acceptors (Lipinski definition) is 2. The van der Waals surface area contributed by atoms with Gasteiger partial charge in [0.15, 0.2) is 12.4 Å². The van der Waals surface area contributed by atoms with Gasteiger partial charge in [0.2, 0.25) is 0 Å². The van der Waals surface area contributed by atoms with Crippen molar-refractivity contribution >= 4 is 10.0 Å². The number of halogens is 3. The summed E-state index contributed by atoms with van der Waals surface area (Å²) in [7, 11) is -5.28. The maximum atomic E-state index is 12.0. The zero-order valence-corrected chi connectivity index (χ0v) is 7.93. The van der Waals surface area contributed by atoms with Gasteiger partial charge in [0.25, 0.3) is 0 Å². The molecule has 0 unspecified atom stereocenters. The van der Waals surface area contributed by atoms with Crippen LogP contribution in [0.25, 0.3) is 0 Å². The summed E-state index contributed by atoms with van der Waals surface area (Å²) in [5.41, 5.74) is -4.84. The van der Waals surface area contributed by atoms with Crippen LogP contribution in [0.1, 0.15) is 5.56 Å². The van der Waals surface area contributed by atoms with Gasteiger partial charge in [-0.15, -0.1) is 0 Å². The molecule has 1 heterocycles. The van der Waals surface area contributed by atoms with Crippen molar-refractivity contribution in [3.05, 3.63) is 30.1 Å². The third kappa shape index (κ3) is 1.87. The molecule has 0 radical (unpaired) electrons. The zero-order valence-electron chi connectivity index (χ0n) is 7.12. The maximum absolute atomic E-state index is 12.0. The van der Waals surface area contributed by atoms with E-state index in [0.29, 0.717) is 5.56 Å². The molecule has 78 valence electrons. The molecule has 14 heavy (non-hydrogen) atoms. The average molecular weight is 226 g/mol. The summed E-state index contributed by atoms with van der Waals surface area (Å²) in [6, 6.07) is 2.74. The first-order chi connectivity index (χ1) is 6.25. The van der Waals surface area contributed by atoms with Crippen LogP contribution in [0, 0.1) is 6.92 Å². The Labute approximate surface area is 78.8 Å². The first-order valence-electron chi connectivity index (χ1n) is 3.55. The number of hydrogen-bond donors (Lipinski definition) is 0. The molecule has 1 aromatic rings. The van der Waals surface area contributed by atoms with Crippen LogP contribution in [-0.2, 0) is 10.0 Å². The molecular weight excluding hydrogens is 219 g/mol. The maximum Gasteiger partial charge on any atom is 0.560 e. The smallest absolute Gasteiger partial charge is 0.153 e. The van der Waals surface area contributed by atoms with Crippen LogP contribution in [0.4, 0.5) is 13.2 Å². The quantitative estimate of drug-likeness (QED) is 0.669. The predicted molar refractivity (Wildman–Crippen MR) is 41.7 cm³/mol. The van der Waals surface area contributed by atoms with Gasteiger partial charge >= 0.3 is 15.5 Å². The first-order valence-corrected chi connectivity index (χ1v) is 4.99. The largest absolute Gasteiger partial charge is 0.560 e. The van der Waals surface area contributed by atoms with Crippen LogP contribution >= 0.6 is 0 Å². The Hall–Kier alpha value is -1.11. The van der Waals surface area contributed by atoms with Gasteiger partial charge in [-0.25, -0.2) is 0 Å². The van der Waals surface area contributed by atoms with Crippen LogP contribution in [0.2, 0.25) is 0 Å². The minimum Gasteiger partial charge on any atom is -0.153 e. The van der Waals surface area contributed by atoms with Gasteiger partial charge in [0, 0.05) is 11.6 Å². The fourth-order valence-corrected chi connectivity index (χ4v) is 1.61. The topological polar surface area (TPSA) is 38.0 Å². The fraction of sp³-hybridized carbons (Fsp3) is 0.286. The van der Waals surface area contributed by atoms with Crippen molar-refractivity contribution in [2.24, 2.45) is 0 Å². The molecule has 0 amide bonds. The summed E-state index contributed by atoms with van der Waals surface area (Å²) in [5.74, 6) is 0. The fourth-order valence-electron chi connectivity index (χ4n) is 0.835. The third-order valence-corrected chi connectivity index (χ3v) is 2.86. The van der Waals surface area contributed by atoms with Gasteiger partial charge in [0.1, 0.15) is 0 Å². The molecule has 1 rings (SSSR count). The Bertz CT molecular complexity index is 438. The second-order valence-corrected chi connectivity index (χ2v) is 4.50. The Morgan fingerprint density at radius 3 is 2.36 bits per heavy atom. The Morgan fingerprint density at radius 1 is 1.36 bits per heavy atom. The molecule has 0 saturated heterocycles. The Kier molecular flexibility index (Phi) is 2.53. The predicted octanol–water partition coefficient (Wildman–Crippen LogP) is 0.980. The first kappa shape index (κ1) is 11.0. The highest BCUT2D eigenvalue weighted by Gasteiger charge is 2.54. The number of pyridine rings is 1. The SMILES string of the molecule is Cc1ccc[n+](S(=O)(=O)C(F)(F)F)c1. The average Bonchev–Trinajstić information content (AvgIpc) is 2.02. The number of rotatable bonds is 1. The molecular formula is C7H7F3NO2S+. The lowest BCUT2D eigenvalue weighted by molar-refractivity contribution is -0.519. The van der Waals surface area contributed by atoms with Crippen LogP contribution < -0.4 is 3.97 Å². The summed E-state index contributed by atoms with van der Waals surface area (Å²) >= 11 is 0. The third-order valence-electron chi connectivity index (χ3n) is 1.49. The minimum absolute atomic E-state index is 0.155. The summed E-state index contributed by atoms with van der Waals surface area (Å²) in [4.78, 5) is 0. The van der Waals surface area contributed by atoms with Crippen molar-refractivity contribution in [2.45, 2.75) is 12.4 Å².